The molecule has 2 N–H and O–H groups in total. The van der Waals surface area contributed by atoms with Gasteiger partial charge in [0, 0.05) is 13.1 Å². The van der Waals surface area contributed by atoms with Gasteiger partial charge in [0.05, 0.1) is 22.9 Å². The quantitative estimate of drug-likeness (QED) is 0.818. The Hall–Kier alpha value is -2.87. The third kappa shape index (κ3) is 3.95. The Morgan fingerprint density at radius 3 is 2.52 bits per heavy atom. The van der Waals surface area contributed by atoms with E-state index in [1.54, 1.807) is 36.4 Å². The monoisotopic (exact) mass is 388 g/mol. The lowest BCUT2D eigenvalue weighted by molar-refractivity contribution is -0.139. The van der Waals surface area contributed by atoms with Crippen LogP contribution in [-0.2, 0) is 21.4 Å². The van der Waals surface area contributed by atoms with Gasteiger partial charge in [-0.05, 0) is 30.2 Å². The lowest BCUT2D eigenvalue weighted by atomic mass is 9.89. The molecule has 27 heavy (non-hydrogen) atoms. The lowest BCUT2D eigenvalue weighted by Crippen LogP contribution is -2.40. The summed E-state index contributed by atoms with van der Waals surface area (Å²) in [4.78, 5) is 26.2. The molecule has 0 aromatic heterocycles. The van der Waals surface area contributed by atoms with Gasteiger partial charge in [-0.3, -0.25) is 14.3 Å². The van der Waals surface area contributed by atoms with Gasteiger partial charge >= 0.3 is 5.97 Å². The Balaban J connectivity index is 1.95. The maximum absolute atomic E-state index is 13.1. The maximum atomic E-state index is 13.1. The molecule has 1 unspecified atom stereocenters. The van der Waals surface area contributed by atoms with Crippen molar-refractivity contribution in [2.45, 2.75) is 19.4 Å². The number of rotatable bonds is 5. The van der Waals surface area contributed by atoms with Gasteiger partial charge in [0.2, 0.25) is 10.0 Å². The fraction of sp³-hybridized carbons (Fsp3) is 0.263. The number of aliphatic carboxylic acids is 1. The highest BCUT2D eigenvalue weighted by Crippen LogP contribution is 2.30. The Morgan fingerprint density at radius 2 is 1.81 bits per heavy atom. The second-order valence-electron chi connectivity index (χ2n) is 6.33. The smallest absolute Gasteiger partial charge is 0.312 e. The number of hydrogen-bond donors (Lipinski definition) is 2. The van der Waals surface area contributed by atoms with Crippen LogP contribution in [0.5, 0.6) is 0 Å². The average Bonchev–Trinajstić information content (AvgIpc) is 2.66. The zero-order valence-corrected chi connectivity index (χ0v) is 15.6. The standard InChI is InChI=1S/C19H20N2O5S/c1-2-27(25,26)20-17-10-6-5-9-15(17)18(22)21-11-13-7-3-4-8-14(13)16(12-21)19(23)24/h3-10,16,20H,2,11-12H2,1H3,(H,23,24). The molecule has 2 aromatic carbocycles. The molecule has 1 amide bonds. The van der Waals surface area contributed by atoms with Gasteiger partial charge in [-0.15, -0.1) is 0 Å². The highest BCUT2D eigenvalue weighted by Gasteiger charge is 2.33. The molecule has 0 radical (unpaired) electrons. The zero-order chi connectivity index (χ0) is 19.6. The Morgan fingerprint density at radius 1 is 1.15 bits per heavy atom. The summed E-state index contributed by atoms with van der Waals surface area (Å²) in [5.74, 6) is -2.35. The normalized spacial score (nSPS) is 16.5. The number of benzene rings is 2. The molecule has 1 aliphatic rings. The number of amides is 1. The molecule has 0 spiro atoms. The fourth-order valence-electron chi connectivity index (χ4n) is 3.14. The van der Waals surface area contributed by atoms with Crippen molar-refractivity contribution in [1.82, 2.24) is 4.90 Å². The number of carboxylic acids is 1. The molecule has 2 aromatic rings. The summed E-state index contributed by atoms with van der Waals surface area (Å²) in [5.41, 5.74) is 1.86. The SMILES string of the molecule is CCS(=O)(=O)Nc1ccccc1C(=O)N1Cc2ccccc2C(C(=O)O)C1. The van der Waals surface area contributed by atoms with E-state index in [0.717, 1.165) is 5.56 Å². The van der Waals surface area contributed by atoms with Crippen molar-refractivity contribution in [2.75, 3.05) is 17.0 Å². The van der Waals surface area contributed by atoms with E-state index in [2.05, 4.69) is 4.72 Å². The minimum absolute atomic E-state index is 0.0278. The van der Waals surface area contributed by atoms with Crippen LogP contribution >= 0.6 is 0 Å². The molecule has 142 valence electrons. The van der Waals surface area contributed by atoms with Crippen molar-refractivity contribution >= 4 is 27.6 Å². The molecule has 0 bridgehead atoms. The molecular formula is C19H20N2O5S. The summed E-state index contributed by atoms with van der Waals surface area (Å²) in [6, 6.07) is 13.5. The van der Waals surface area contributed by atoms with E-state index in [-0.39, 0.29) is 30.1 Å². The van der Waals surface area contributed by atoms with Gasteiger partial charge in [0.1, 0.15) is 0 Å². The summed E-state index contributed by atoms with van der Waals surface area (Å²) < 4.78 is 26.2. The third-order valence-corrected chi connectivity index (χ3v) is 5.87. The predicted octanol–water partition coefficient (Wildman–Crippen LogP) is 2.27. The summed E-state index contributed by atoms with van der Waals surface area (Å²) in [5, 5.41) is 9.56. The van der Waals surface area contributed by atoms with Crippen LogP contribution in [0, 0.1) is 0 Å². The highest BCUT2D eigenvalue weighted by atomic mass is 32.2. The van der Waals surface area contributed by atoms with E-state index < -0.39 is 27.8 Å². The first-order chi connectivity index (χ1) is 12.8. The number of carboxylic acid groups (broad SMARTS) is 1. The Kier molecular flexibility index (Phi) is 5.18. The van der Waals surface area contributed by atoms with Crippen molar-refractivity contribution in [3.63, 3.8) is 0 Å². The van der Waals surface area contributed by atoms with Gasteiger partial charge in [-0.25, -0.2) is 8.42 Å². The third-order valence-electron chi connectivity index (χ3n) is 4.58. The van der Waals surface area contributed by atoms with E-state index >= 15 is 0 Å². The van der Waals surface area contributed by atoms with Crippen LogP contribution in [0.1, 0.15) is 34.3 Å². The molecule has 0 saturated heterocycles. The number of nitrogens with zero attached hydrogens (tertiary/aromatic N) is 1. The number of sulfonamides is 1. The van der Waals surface area contributed by atoms with E-state index in [1.807, 2.05) is 0 Å². The summed E-state index contributed by atoms with van der Waals surface area (Å²) in [7, 11) is -3.55. The number of carbonyl (C=O) groups is 2. The second-order valence-corrected chi connectivity index (χ2v) is 8.34. The first-order valence-electron chi connectivity index (χ1n) is 8.52. The molecular weight excluding hydrogens is 368 g/mol. The van der Waals surface area contributed by atoms with Gasteiger partial charge in [-0.2, -0.15) is 0 Å². The number of hydrogen-bond acceptors (Lipinski definition) is 4. The minimum Gasteiger partial charge on any atom is -0.481 e. The highest BCUT2D eigenvalue weighted by molar-refractivity contribution is 7.92. The molecule has 1 aliphatic heterocycles. The number of fused-ring (bicyclic) bond motifs is 1. The van der Waals surface area contributed by atoms with Gasteiger partial charge in [-0.1, -0.05) is 36.4 Å². The van der Waals surface area contributed by atoms with Gasteiger partial charge in [0.25, 0.3) is 5.91 Å². The van der Waals surface area contributed by atoms with E-state index in [1.165, 1.54) is 24.0 Å². The van der Waals surface area contributed by atoms with Gasteiger partial charge in [0.15, 0.2) is 0 Å². The van der Waals surface area contributed by atoms with Crippen molar-refractivity contribution < 1.29 is 23.1 Å². The van der Waals surface area contributed by atoms with Crippen molar-refractivity contribution in [3.8, 4) is 0 Å². The van der Waals surface area contributed by atoms with Crippen molar-refractivity contribution in [3.05, 3.63) is 65.2 Å². The molecule has 0 aliphatic carbocycles. The number of anilines is 1. The van der Waals surface area contributed by atoms with Crippen LogP contribution in [0.3, 0.4) is 0 Å². The molecule has 1 atom stereocenters. The largest absolute Gasteiger partial charge is 0.481 e. The first kappa shape index (κ1) is 18.9. The summed E-state index contributed by atoms with van der Waals surface area (Å²) in [6.45, 7) is 1.81. The average molecular weight is 388 g/mol. The maximum Gasteiger partial charge on any atom is 0.312 e. The van der Waals surface area contributed by atoms with Crippen LogP contribution in [0.15, 0.2) is 48.5 Å². The minimum atomic E-state index is -3.55. The molecule has 1 heterocycles. The molecule has 7 nitrogen and oxygen atoms in total. The molecule has 0 fully saturated rings. The fourth-order valence-corrected chi connectivity index (χ4v) is 3.80. The Labute approximate surface area is 157 Å². The summed E-state index contributed by atoms with van der Waals surface area (Å²) >= 11 is 0. The predicted molar refractivity (Wildman–Crippen MR) is 101 cm³/mol. The number of carbonyl (C=O) groups excluding carboxylic acids is 1. The van der Waals surface area contributed by atoms with Crippen LogP contribution in [0.4, 0.5) is 5.69 Å². The van der Waals surface area contributed by atoms with Crippen LogP contribution in [0.25, 0.3) is 0 Å². The molecule has 3 rings (SSSR count). The number of nitrogens with one attached hydrogen (secondary N) is 1. The van der Waals surface area contributed by atoms with E-state index in [9.17, 15) is 23.1 Å². The zero-order valence-electron chi connectivity index (χ0n) is 14.8. The second kappa shape index (κ2) is 7.40. The molecule has 0 saturated carbocycles. The summed E-state index contributed by atoms with van der Waals surface area (Å²) in [6.07, 6.45) is 0. The van der Waals surface area contributed by atoms with E-state index in [0.29, 0.717) is 5.56 Å². The Bertz CT molecular complexity index is 987. The molecule has 8 heteroatoms. The van der Waals surface area contributed by atoms with Crippen molar-refractivity contribution in [2.24, 2.45) is 0 Å². The first-order valence-corrected chi connectivity index (χ1v) is 10.2. The van der Waals surface area contributed by atoms with Crippen LogP contribution in [0.2, 0.25) is 0 Å². The van der Waals surface area contributed by atoms with Crippen LogP contribution < -0.4 is 4.72 Å². The van der Waals surface area contributed by atoms with Crippen molar-refractivity contribution in [1.29, 1.82) is 0 Å². The number of para-hydroxylation sites is 1. The topological polar surface area (TPSA) is 104 Å². The van der Waals surface area contributed by atoms with E-state index in [4.69, 9.17) is 0 Å². The van der Waals surface area contributed by atoms with Crippen LogP contribution in [-0.4, -0.2) is 42.6 Å². The lowest BCUT2D eigenvalue weighted by Gasteiger charge is -2.33. The van der Waals surface area contributed by atoms with Gasteiger partial charge < -0.3 is 10.0 Å².